The van der Waals surface area contributed by atoms with Gasteiger partial charge in [-0.15, -0.1) is 0 Å². The van der Waals surface area contributed by atoms with E-state index in [4.69, 9.17) is 0 Å². The molecule has 0 aromatic rings. The van der Waals surface area contributed by atoms with Gasteiger partial charge in [-0.25, -0.2) is 8.42 Å². The Morgan fingerprint density at radius 2 is 1.73 bits per heavy atom. The van der Waals surface area contributed by atoms with Crippen molar-refractivity contribution in [1.82, 2.24) is 4.31 Å². The van der Waals surface area contributed by atoms with Gasteiger partial charge in [0.25, 0.3) is 0 Å². The van der Waals surface area contributed by atoms with Crippen LogP contribution >= 0.6 is 0 Å². The smallest absolute Gasteiger partial charge is 0.445 e. The van der Waals surface area contributed by atoms with Crippen LogP contribution in [0.1, 0.15) is 0 Å². The summed E-state index contributed by atoms with van der Waals surface area (Å²) in [7, 11) is -3.25. The monoisotopic (exact) mass is 246 g/mol. The van der Waals surface area contributed by atoms with E-state index in [1.807, 2.05) is 0 Å². The summed E-state index contributed by atoms with van der Waals surface area (Å²) in [5, 5.41) is 0. The molecule has 15 heavy (non-hydrogen) atoms. The summed E-state index contributed by atoms with van der Waals surface area (Å²) in [5.74, 6) is 0. The number of rotatable bonds is 3. The number of piperazine rings is 1. The summed E-state index contributed by atoms with van der Waals surface area (Å²) in [6, 6.07) is 0. The molecule has 0 unspecified atom stereocenters. The van der Waals surface area contributed by atoms with Gasteiger partial charge in [-0.2, -0.15) is 4.31 Å². The van der Waals surface area contributed by atoms with Crippen LogP contribution in [0.3, 0.4) is 0 Å². The molecule has 1 aliphatic heterocycles. The molecule has 1 fully saturated rings. The average molecular weight is 246 g/mol. The van der Waals surface area contributed by atoms with Crippen LogP contribution in [0.2, 0.25) is 0 Å². The molecular formula is C6H14BF3N2O2S. The molecule has 0 saturated carbocycles. The van der Waals surface area contributed by atoms with Crippen LogP contribution in [0, 0.1) is 0 Å². The Hall–Kier alpha value is -0.275. The van der Waals surface area contributed by atoms with E-state index in [0.717, 1.165) is 6.26 Å². The number of hydrogen-bond donors (Lipinski definition) is 1. The second-order valence-electron chi connectivity index (χ2n) is 3.83. The summed E-state index contributed by atoms with van der Waals surface area (Å²) < 4.78 is 59.6. The Morgan fingerprint density at radius 3 is 2.07 bits per heavy atom. The first-order chi connectivity index (χ1) is 6.68. The SMILES string of the molecule is CS(=O)(=O)N1CC[NH+](C[B-](F)(F)F)CC1. The van der Waals surface area contributed by atoms with Crippen molar-refractivity contribution < 1.29 is 26.3 Å². The second kappa shape index (κ2) is 4.30. The van der Waals surface area contributed by atoms with Crippen LogP contribution in [0.15, 0.2) is 0 Å². The van der Waals surface area contributed by atoms with Crippen molar-refractivity contribution in [3.63, 3.8) is 0 Å². The molecule has 90 valence electrons. The third-order valence-corrected chi connectivity index (χ3v) is 3.72. The van der Waals surface area contributed by atoms with Crippen molar-refractivity contribution in [2.24, 2.45) is 0 Å². The first-order valence-electron chi connectivity index (χ1n) is 4.68. The molecule has 0 atom stereocenters. The van der Waals surface area contributed by atoms with Crippen LogP contribution < -0.4 is 4.90 Å². The van der Waals surface area contributed by atoms with Crippen molar-refractivity contribution in [2.75, 3.05) is 38.9 Å². The zero-order valence-corrected chi connectivity index (χ0v) is 9.24. The van der Waals surface area contributed by atoms with E-state index in [-0.39, 0.29) is 26.2 Å². The summed E-state index contributed by atoms with van der Waals surface area (Å²) >= 11 is 0. The number of nitrogens with zero attached hydrogens (tertiary/aromatic N) is 1. The van der Waals surface area contributed by atoms with E-state index < -0.39 is 23.4 Å². The Labute approximate surface area is 87.1 Å². The molecule has 0 radical (unpaired) electrons. The van der Waals surface area contributed by atoms with Gasteiger partial charge in [0.15, 0.2) is 0 Å². The minimum Gasteiger partial charge on any atom is -0.445 e. The lowest BCUT2D eigenvalue weighted by Gasteiger charge is -2.33. The molecular weight excluding hydrogens is 232 g/mol. The van der Waals surface area contributed by atoms with E-state index in [0.29, 0.717) is 4.90 Å². The fourth-order valence-electron chi connectivity index (χ4n) is 1.67. The van der Waals surface area contributed by atoms with Gasteiger partial charge in [0.05, 0.1) is 38.9 Å². The molecule has 1 rings (SSSR count). The van der Waals surface area contributed by atoms with Gasteiger partial charge in [-0.05, 0) is 0 Å². The number of quaternary nitrogens is 1. The van der Waals surface area contributed by atoms with E-state index in [1.165, 1.54) is 4.31 Å². The van der Waals surface area contributed by atoms with Crippen LogP contribution in [0.25, 0.3) is 0 Å². The molecule has 1 heterocycles. The predicted molar refractivity (Wildman–Crippen MR) is 51.1 cm³/mol. The Kier molecular flexibility index (Phi) is 3.67. The highest BCUT2D eigenvalue weighted by Gasteiger charge is 2.33. The van der Waals surface area contributed by atoms with E-state index in [9.17, 15) is 21.4 Å². The summed E-state index contributed by atoms with van der Waals surface area (Å²) in [5.41, 5.74) is 0. The largest absolute Gasteiger partial charge is 0.531 e. The van der Waals surface area contributed by atoms with Crippen LogP contribution in [-0.2, 0) is 10.0 Å². The van der Waals surface area contributed by atoms with Gasteiger partial charge in [0, 0.05) is 0 Å². The van der Waals surface area contributed by atoms with Crippen LogP contribution in [-0.4, -0.2) is 58.6 Å². The van der Waals surface area contributed by atoms with Gasteiger partial charge in [0.1, 0.15) is 0 Å². The molecule has 0 bridgehead atoms. The fourth-order valence-corrected chi connectivity index (χ4v) is 2.51. The average Bonchev–Trinajstić information content (AvgIpc) is 2.00. The lowest BCUT2D eigenvalue weighted by Crippen LogP contribution is -3.16. The van der Waals surface area contributed by atoms with Crippen molar-refractivity contribution >= 4 is 17.0 Å². The topological polar surface area (TPSA) is 41.8 Å². The Bertz CT molecular complexity index is 311. The molecule has 1 aliphatic rings. The van der Waals surface area contributed by atoms with Gasteiger partial charge in [-0.1, -0.05) is 0 Å². The van der Waals surface area contributed by atoms with Crippen LogP contribution in [0.4, 0.5) is 12.9 Å². The lowest BCUT2D eigenvalue weighted by molar-refractivity contribution is -0.895. The molecule has 0 aliphatic carbocycles. The normalized spacial score (nSPS) is 21.9. The maximum atomic E-state index is 12.1. The van der Waals surface area contributed by atoms with Gasteiger partial charge in [0.2, 0.25) is 10.0 Å². The Morgan fingerprint density at radius 1 is 1.27 bits per heavy atom. The van der Waals surface area contributed by atoms with E-state index in [1.54, 1.807) is 0 Å². The fraction of sp³-hybridized carbons (Fsp3) is 1.00. The summed E-state index contributed by atoms with van der Waals surface area (Å²) in [6.07, 6.45) is 0.253. The minimum atomic E-state index is -4.78. The quantitative estimate of drug-likeness (QED) is 0.618. The first kappa shape index (κ1) is 12.8. The molecule has 1 saturated heterocycles. The first-order valence-corrected chi connectivity index (χ1v) is 6.53. The summed E-state index contributed by atoms with van der Waals surface area (Å²) in [6.45, 7) is -3.96. The second-order valence-corrected chi connectivity index (χ2v) is 5.81. The molecule has 1 N–H and O–H groups in total. The maximum absolute atomic E-state index is 12.1. The van der Waals surface area contributed by atoms with Crippen molar-refractivity contribution in [3.8, 4) is 0 Å². The van der Waals surface area contributed by atoms with Gasteiger partial charge < -0.3 is 17.8 Å². The lowest BCUT2D eigenvalue weighted by atomic mass is 9.91. The molecule has 9 heteroatoms. The van der Waals surface area contributed by atoms with Crippen molar-refractivity contribution in [2.45, 2.75) is 0 Å². The zero-order chi connectivity index (χ0) is 11.7. The number of halogens is 3. The van der Waals surface area contributed by atoms with E-state index in [2.05, 4.69) is 0 Å². The standard InChI is InChI=1S/C6H13BF3N2O2S/c1-15(13,14)12-4-2-11(3-5-12)6-7(8,9)10/h2-6H2,1H3/q-1/p+1. The number of hydrogen-bond acceptors (Lipinski definition) is 2. The predicted octanol–water partition coefficient (Wildman–Crippen LogP) is -1.47. The molecule has 4 nitrogen and oxygen atoms in total. The molecule has 0 spiro atoms. The third kappa shape index (κ3) is 4.39. The maximum Gasteiger partial charge on any atom is 0.531 e. The number of nitrogens with one attached hydrogen (secondary N) is 1. The van der Waals surface area contributed by atoms with Crippen molar-refractivity contribution in [1.29, 1.82) is 0 Å². The zero-order valence-electron chi connectivity index (χ0n) is 8.42. The van der Waals surface area contributed by atoms with Gasteiger partial charge >= 0.3 is 6.98 Å². The highest BCUT2D eigenvalue weighted by molar-refractivity contribution is 7.88. The minimum absolute atomic E-state index is 0.181. The van der Waals surface area contributed by atoms with Crippen LogP contribution in [0.5, 0.6) is 0 Å². The van der Waals surface area contributed by atoms with E-state index >= 15 is 0 Å². The summed E-state index contributed by atoms with van der Waals surface area (Å²) in [4.78, 5) is 0.419. The molecule has 0 aromatic heterocycles. The highest BCUT2D eigenvalue weighted by atomic mass is 32.2. The van der Waals surface area contributed by atoms with Gasteiger partial charge in [-0.3, -0.25) is 0 Å². The molecule has 0 aromatic carbocycles. The highest BCUT2D eigenvalue weighted by Crippen LogP contribution is 2.04. The number of sulfonamides is 1. The molecule has 0 amide bonds. The third-order valence-electron chi connectivity index (χ3n) is 2.42. The van der Waals surface area contributed by atoms with Crippen molar-refractivity contribution in [3.05, 3.63) is 0 Å². The Balaban J connectivity index is 2.43.